The van der Waals surface area contributed by atoms with Gasteiger partial charge in [0, 0.05) is 5.37 Å². The lowest BCUT2D eigenvalue weighted by Crippen LogP contribution is -1.81. The normalized spacial score (nSPS) is 10.4. The molecule has 0 bridgehead atoms. The molecule has 0 unspecified atom stereocenters. The van der Waals surface area contributed by atoms with Crippen LogP contribution in [-0.2, 0) is 0 Å². The third-order valence-corrected chi connectivity index (χ3v) is 2.84. The van der Waals surface area contributed by atoms with E-state index < -0.39 is 0 Å². The highest BCUT2D eigenvalue weighted by molar-refractivity contribution is 7.78. The lowest BCUT2D eigenvalue weighted by molar-refractivity contribution is 0.560. The van der Waals surface area contributed by atoms with Crippen LogP contribution in [0.4, 0.5) is 0 Å². The van der Waals surface area contributed by atoms with E-state index in [0.29, 0.717) is 0 Å². The quantitative estimate of drug-likeness (QED) is 0.337. The van der Waals surface area contributed by atoms with Crippen molar-refractivity contribution >= 4 is 17.6 Å². The van der Waals surface area contributed by atoms with Crippen molar-refractivity contribution in [2.24, 2.45) is 0 Å². The average molecular weight is 213 g/mol. The van der Waals surface area contributed by atoms with E-state index in [1.165, 1.54) is 64.2 Å². The SMILES string of the molecule is CCCCCCCCCCCC[C]=S. The van der Waals surface area contributed by atoms with Gasteiger partial charge >= 0.3 is 0 Å². The van der Waals surface area contributed by atoms with Gasteiger partial charge in [-0.2, -0.15) is 0 Å². The maximum Gasteiger partial charge on any atom is 0.0291 e. The largest absolute Gasteiger partial charge is 0.0837 e. The van der Waals surface area contributed by atoms with E-state index >= 15 is 0 Å². The molecule has 14 heavy (non-hydrogen) atoms. The molecule has 0 aromatic heterocycles. The monoisotopic (exact) mass is 213 g/mol. The molecule has 83 valence electrons. The Kier molecular flexibility index (Phi) is 13.2. The molecule has 0 fully saturated rings. The summed E-state index contributed by atoms with van der Waals surface area (Å²) in [5.41, 5.74) is 0. The number of hydrogen-bond donors (Lipinski definition) is 0. The average Bonchev–Trinajstić information content (AvgIpc) is 2.21. The number of rotatable bonds is 11. The van der Waals surface area contributed by atoms with Crippen LogP contribution in [0.3, 0.4) is 0 Å². The zero-order valence-electron chi connectivity index (χ0n) is 9.69. The van der Waals surface area contributed by atoms with Gasteiger partial charge in [-0.3, -0.25) is 0 Å². The van der Waals surface area contributed by atoms with Gasteiger partial charge in [-0.25, -0.2) is 0 Å². The van der Waals surface area contributed by atoms with Crippen molar-refractivity contribution in [1.29, 1.82) is 0 Å². The van der Waals surface area contributed by atoms with Crippen LogP contribution in [-0.4, -0.2) is 5.37 Å². The van der Waals surface area contributed by atoms with Crippen LogP contribution >= 0.6 is 12.2 Å². The number of hydrogen-bond acceptors (Lipinski definition) is 1. The van der Waals surface area contributed by atoms with Crippen molar-refractivity contribution in [1.82, 2.24) is 0 Å². The van der Waals surface area contributed by atoms with Gasteiger partial charge in [-0.05, 0) is 12.8 Å². The summed E-state index contributed by atoms with van der Waals surface area (Å²) in [6.07, 6.45) is 15.0. The topological polar surface area (TPSA) is 0 Å². The van der Waals surface area contributed by atoms with Crippen LogP contribution in [0, 0.1) is 0 Å². The highest BCUT2D eigenvalue weighted by Crippen LogP contribution is 2.10. The Labute approximate surface area is 95.5 Å². The molecule has 0 heterocycles. The first-order chi connectivity index (χ1) is 6.91. The van der Waals surface area contributed by atoms with E-state index in [4.69, 9.17) is 0 Å². The van der Waals surface area contributed by atoms with Crippen molar-refractivity contribution in [2.45, 2.75) is 77.6 Å². The third-order valence-electron chi connectivity index (χ3n) is 2.63. The second-order valence-electron chi connectivity index (χ2n) is 4.08. The second-order valence-corrected chi connectivity index (χ2v) is 4.36. The van der Waals surface area contributed by atoms with Crippen molar-refractivity contribution in [3.8, 4) is 0 Å². The Morgan fingerprint density at radius 3 is 1.57 bits per heavy atom. The van der Waals surface area contributed by atoms with Crippen LogP contribution in [0.15, 0.2) is 0 Å². The maximum absolute atomic E-state index is 4.66. The summed E-state index contributed by atoms with van der Waals surface area (Å²) in [4.78, 5) is 0. The fourth-order valence-electron chi connectivity index (χ4n) is 1.68. The molecule has 0 saturated carbocycles. The number of unbranched alkanes of at least 4 members (excludes halogenated alkanes) is 10. The molecule has 0 aliphatic rings. The Balaban J connectivity index is 2.81. The summed E-state index contributed by atoms with van der Waals surface area (Å²) < 4.78 is 0. The van der Waals surface area contributed by atoms with E-state index in [9.17, 15) is 0 Å². The molecule has 0 rings (SSSR count). The molecule has 0 aliphatic heterocycles. The molecular formula is C13H25S. The minimum atomic E-state index is 1.01. The smallest absolute Gasteiger partial charge is 0.0291 e. The summed E-state index contributed by atoms with van der Waals surface area (Å²) in [7, 11) is 0. The predicted molar refractivity (Wildman–Crippen MR) is 69.1 cm³/mol. The molecule has 1 heteroatoms. The van der Waals surface area contributed by atoms with Gasteiger partial charge < -0.3 is 0 Å². The standard InChI is InChI=1S/C13H25S/c1-2-3-4-5-6-7-8-9-10-11-12-13-14/h2-12H2,1H3. The lowest BCUT2D eigenvalue weighted by atomic mass is 10.1. The van der Waals surface area contributed by atoms with Crippen LogP contribution < -0.4 is 0 Å². The van der Waals surface area contributed by atoms with Crippen LogP contribution in [0.1, 0.15) is 77.6 Å². The highest BCUT2D eigenvalue weighted by atomic mass is 32.1. The minimum absolute atomic E-state index is 1.01. The van der Waals surface area contributed by atoms with Crippen LogP contribution in [0.5, 0.6) is 0 Å². The maximum atomic E-state index is 4.66. The number of thiocarbonyl (C=S) groups is 1. The van der Waals surface area contributed by atoms with Crippen LogP contribution in [0.25, 0.3) is 0 Å². The van der Waals surface area contributed by atoms with Gasteiger partial charge in [-0.15, -0.1) is 0 Å². The summed E-state index contributed by atoms with van der Waals surface area (Å²) >= 11 is 4.66. The highest BCUT2D eigenvalue weighted by Gasteiger charge is 1.91. The van der Waals surface area contributed by atoms with Crippen molar-refractivity contribution in [3.05, 3.63) is 0 Å². The van der Waals surface area contributed by atoms with Gasteiger partial charge in [0.2, 0.25) is 0 Å². The molecule has 0 nitrogen and oxygen atoms in total. The Bertz CT molecular complexity index is 110. The minimum Gasteiger partial charge on any atom is -0.0837 e. The van der Waals surface area contributed by atoms with Crippen molar-refractivity contribution in [3.63, 3.8) is 0 Å². The summed E-state index contributed by atoms with van der Waals surface area (Å²) in [5.74, 6) is 0. The molecule has 0 atom stereocenters. The molecule has 1 radical (unpaired) electrons. The summed E-state index contributed by atoms with van der Waals surface area (Å²) in [6.45, 7) is 2.27. The van der Waals surface area contributed by atoms with Gasteiger partial charge in [0.05, 0.1) is 0 Å². The fraction of sp³-hybridized carbons (Fsp3) is 0.923. The van der Waals surface area contributed by atoms with Crippen molar-refractivity contribution < 1.29 is 0 Å². The van der Waals surface area contributed by atoms with E-state index in [1.807, 2.05) is 0 Å². The van der Waals surface area contributed by atoms with Gasteiger partial charge in [0.25, 0.3) is 0 Å². The molecule has 0 aromatic rings. The summed E-state index contributed by atoms with van der Waals surface area (Å²) in [5, 5.41) is 2.78. The molecule has 0 saturated heterocycles. The molecule has 0 aromatic carbocycles. The fourth-order valence-corrected chi connectivity index (χ4v) is 1.83. The van der Waals surface area contributed by atoms with Gasteiger partial charge in [0.1, 0.15) is 0 Å². The van der Waals surface area contributed by atoms with Gasteiger partial charge in [0.15, 0.2) is 0 Å². The van der Waals surface area contributed by atoms with Crippen molar-refractivity contribution in [2.75, 3.05) is 0 Å². The second kappa shape index (κ2) is 13.1. The first kappa shape index (κ1) is 14.1. The first-order valence-electron chi connectivity index (χ1n) is 6.26. The van der Waals surface area contributed by atoms with E-state index in [-0.39, 0.29) is 0 Å². The molecular weight excluding hydrogens is 188 g/mol. The van der Waals surface area contributed by atoms with Gasteiger partial charge in [-0.1, -0.05) is 76.9 Å². The molecule has 0 aliphatic carbocycles. The zero-order chi connectivity index (χ0) is 10.5. The van der Waals surface area contributed by atoms with E-state index in [2.05, 4.69) is 24.5 Å². The zero-order valence-corrected chi connectivity index (χ0v) is 10.5. The Morgan fingerprint density at radius 1 is 0.714 bits per heavy atom. The van der Waals surface area contributed by atoms with E-state index in [1.54, 1.807) is 0 Å². The molecule has 0 spiro atoms. The predicted octanol–water partition coefficient (Wildman–Crippen LogP) is 5.17. The summed E-state index contributed by atoms with van der Waals surface area (Å²) in [6, 6.07) is 0. The Morgan fingerprint density at radius 2 is 1.14 bits per heavy atom. The Hall–Kier alpha value is 0.0900. The third kappa shape index (κ3) is 12.1. The lowest BCUT2D eigenvalue weighted by Gasteiger charge is -2.00. The molecule has 0 amide bonds. The first-order valence-corrected chi connectivity index (χ1v) is 6.67. The molecule has 0 N–H and O–H groups in total. The van der Waals surface area contributed by atoms with E-state index in [0.717, 1.165) is 6.42 Å². The van der Waals surface area contributed by atoms with Crippen LogP contribution in [0.2, 0.25) is 0 Å².